The molecule has 0 radical (unpaired) electrons. The average molecular weight is 243 g/mol. The van der Waals surface area contributed by atoms with Gasteiger partial charge in [-0.2, -0.15) is 0 Å². The van der Waals surface area contributed by atoms with E-state index in [1.54, 1.807) is 4.68 Å². The molecular formula is C12H13N5O. The van der Waals surface area contributed by atoms with Crippen LogP contribution in [0, 0.1) is 11.8 Å². The molecule has 6 heteroatoms. The Kier molecular flexibility index (Phi) is 2.55. The van der Waals surface area contributed by atoms with Gasteiger partial charge in [-0.1, -0.05) is 13.0 Å². The van der Waals surface area contributed by atoms with Gasteiger partial charge in [0.15, 0.2) is 0 Å². The van der Waals surface area contributed by atoms with E-state index in [1.807, 2.05) is 24.3 Å². The fraction of sp³-hybridized carbons (Fsp3) is 0.333. The maximum absolute atomic E-state index is 11.8. The first kappa shape index (κ1) is 10.9. The molecule has 2 atom stereocenters. The summed E-state index contributed by atoms with van der Waals surface area (Å²) in [6.07, 6.45) is 2.50. The molecule has 3 rings (SSSR count). The minimum Gasteiger partial charge on any atom is -0.326 e. The lowest BCUT2D eigenvalue weighted by molar-refractivity contribution is -0.117. The van der Waals surface area contributed by atoms with Crippen molar-refractivity contribution in [1.82, 2.24) is 20.2 Å². The van der Waals surface area contributed by atoms with Crippen molar-refractivity contribution in [3.8, 4) is 5.69 Å². The number of aromatic nitrogens is 4. The van der Waals surface area contributed by atoms with Crippen molar-refractivity contribution in [3.05, 3.63) is 30.6 Å². The molecule has 1 aliphatic carbocycles. The van der Waals surface area contributed by atoms with E-state index >= 15 is 0 Å². The second-order valence-corrected chi connectivity index (χ2v) is 4.61. The molecule has 2 aromatic rings. The second-order valence-electron chi connectivity index (χ2n) is 4.61. The molecule has 6 nitrogen and oxygen atoms in total. The van der Waals surface area contributed by atoms with E-state index < -0.39 is 0 Å². The molecule has 1 amide bonds. The maximum atomic E-state index is 11.8. The second kappa shape index (κ2) is 4.21. The molecule has 0 aliphatic heterocycles. The highest BCUT2D eigenvalue weighted by Gasteiger charge is 2.39. The largest absolute Gasteiger partial charge is 0.326 e. The Bertz CT molecular complexity index is 566. The Hall–Kier alpha value is -2.24. The van der Waals surface area contributed by atoms with E-state index in [4.69, 9.17) is 0 Å². The SMILES string of the molecule is CC1CC1C(=O)Nc1cccc(-n2cnnn2)c1. The molecule has 1 heterocycles. The minimum atomic E-state index is 0.0939. The van der Waals surface area contributed by atoms with E-state index in [0.29, 0.717) is 5.92 Å². The Labute approximate surface area is 104 Å². The van der Waals surface area contributed by atoms with Gasteiger partial charge in [0.25, 0.3) is 0 Å². The van der Waals surface area contributed by atoms with Crippen LogP contribution in [0.25, 0.3) is 5.69 Å². The van der Waals surface area contributed by atoms with Gasteiger partial charge in [-0.3, -0.25) is 4.79 Å². The summed E-state index contributed by atoms with van der Waals surface area (Å²) in [5, 5.41) is 13.9. The molecule has 92 valence electrons. The lowest BCUT2D eigenvalue weighted by Gasteiger charge is -2.06. The van der Waals surface area contributed by atoms with Crippen molar-refractivity contribution in [3.63, 3.8) is 0 Å². The Morgan fingerprint density at radius 3 is 3.00 bits per heavy atom. The van der Waals surface area contributed by atoms with Crippen molar-refractivity contribution in [2.24, 2.45) is 11.8 Å². The normalized spacial score (nSPS) is 21.6. The molecule has 0 bridgehead atoms. The molecule has 1 aromatic carbocycles. The molecule has 18 heavy (non-hydrogen) atoms. The lowest BCUT2D eigenvalue weighted by Crippen LogP contribution is -2.14. The highest BCUT2D eigenvalue weighted by atomic mass is 16.2. The topological polar surface area (TPSA) is 72.7 Å². The third-order valence-corrected chi connectivity index (χ3v) is 3.17. The van der Waals surface area contributed by atoms with E-state index in [-0.39, 0.29) is 11.8 Å². The number of nitrogens with one attached hydrogen (secondary N) is 1. The Balaban J connectivity index is 1.77. The van der Waals surface area contributed by atoms with E-state index in [0.717, 1.165) is 17.8 Å². The number of carbonyl (C=O) groups excluding carboxylic acids is 1. The highest BCUT2D eigenvalue weighted by Crippen LogP contribution is 2.38. The van der Waals surface area contributed by atoms with Crippen LogP contribution in [0.1, 0.15) is 13.3 Å². The summed E-state index contributed by atoms with van der Waals surface area (Å²) in [5.74, 6) is 0.769. The fourth-order valence-corrected chi connectivity index (χ4v) is 1.93. The van der Waals surface area contributed by atoms with Gasteiger partial charge in [-0.05, 0) is 41.0 Å². The molecule has 1 aromatic heterocycles. The van der Waals surface area contributed by atoms with E-state index in [2.05, 4.69) is 27.8 Å². The van der Waals surface area contributed by atoms with Crippen LogP contribution in [-0.2, 0) is 4.79 Å². The zero-order valence-corrected chi connectivity index (χ0v) is 9.95. The molecule has 0 spiro atoms. The van der Waals surface area contributed by atoms with Crippen LogP contribution < -0.4 is 5.32 Å². The van der Waals surface area contributed by atoms with Gasteiger partial charge < -0.3 is 5.32 Å². The van der Waals surface area contributed by atoms with Gasteiger partial charge in [0.2, 0.25) is 5.91 Å². The summed E-state index contributed by atoms with van der Waals surface area (Å²) >= 11 is 0. The number of carbonyl (C=O) groups is 1. The van der Waals surface area contributed by atoms with Gasteiger partial charge in [0.1, 0.15) is 6.33 Å². The van der Waals surface area contributed by atoms with Gasteiger partial charge in [-0.25, -0.2) is 4.68 Å². The quantitative estimate of drug-likeness (QED) is 0.880. The molecule has 1 saturated carbocycles. The van der Waals surface area contributed by atoms with E-state index in [1.165, 1.54) is 6.33 Å². The number of anilines is 1. The molecule has 1 fully saturated rings. The van der Waals surface area contributed by atoms with Gasteiger partial charge in [0, 0.05) is 11.6 Å². The van der Waals surface area contributed by atoms with Crippen LogP contribution in [0.2, 0.25) is 0 Å². The summed E-state index contributed by atoms with van der Waals surface area (Å²) in [6.45, 7) is 2.09. The zero-order valence-electron chi connectivity index (χ0n) is 9.95. The van der Waals surface area contributed by atoms with Crippen LogP contribution in [-0.4, -0.2) is 26.1 Å². The van der Waals surface area contributed by atoms with Crippen molar-refractivity contribution in [2.45, 2.75) is 13.3 Å². The smallest absolute Gasteiger partial charge is 0.227 e. The van der Waals surface area contributed by atoms with Crippen LogP contribution in [0.15, 0.2) is 30.6 Å². The first-order valence-electron chi connectivity index (χ1n) is 5.88. The van der Waals surface area contributed by atoms with Crippen molar-refractivity contribution >= 4 is 11.6 Å². The third-order valence-electron chi connectivity index (χ3n) is 3.17. The van der Waals surface area contributed by atoms with Gasteiger partial charge in [0.05, 0.1) is 5.69 Å². The monoisotopic (exact) mass is 243 g/mol. The van der Waals surface area contributed by atoms with Crippen molar-refractivity contribution in [1.29, 1.82) is 0 Å². The molecule has 2 unspecified atom stereocenters. The van der Waals surface area contributed by atoms with E-state index in [9.17, 15) is 4.79 Å². The van der Waals surface area contributed by atoms with Crippen molar-refractivity contribution < 1.29 is 4.79 Å². The third kappa shape index (κ3) is 2.09. The number of rotatable bonds is 3. The summed E-state index contributed by atoms with van der Waals surface area (Å²) in [4.78, 5) is 11.8. The number of nitrogens with zero attached hydrogens (tertiary/aromatic N) is 4. The minimum absolute atomic E-state index is 0.0939. The molecule has 0 saturated heterocycles. The fourth-order valence-electron chi connectivity index (χ4n) is 1.93. The van der Waals surface area contributed by atoms with Gasteiger partial charge >= 0.3 is 0 Å². The van der Waals surface area contributed by atoms with Crippen LogP contribution >= 0.6 is 0 Å². The highest BCUT2D eigenvalue weighted by molar-refractivity contribution is 5.94. The summed E-state index contributed by atoms with van der Waals surface area (Å²) < 4.78 is 1.55. The molecule has 1 N–H and O–H groups in total. The molecular weight excluding hydrogens is 230 g/mol. The Morgan fingerprint density at radius 1 is 1.50 bits per heavy atom. The maximum Gasteiger partial charge on any atom is 0.227 e. The Morgan fingerprint density at radius 2 is 2.33 bits per heavy atom. The number of benzene rings is 1. The summed E-state index contributed by atoms with van der Waals surface area (Å²) in [5.41, 5.74) is 1.59. The number of tetrazole rings is 1. The first-order chi connectivity index (χ1) is 8.74. The summed E-state index contributed by atoms with van der Waals surface area (Å²) in [6, 6.07) is 7.45. The number of hydrogen-bond donors (Lipinski definition) is 1. The summed E-state index contributed by atoms with van der Waals surface area (Å²) in [7, 11) is 0. The predicted octanol–water partition coefficient (Wildman–Crippen LogP) is 1.26. The zero-order chi connectivity index (χ0) is 12.5. The predicted molar refractivity (Wildman–Crippen MR) is 65.1 cm³/mol. The van der Waals surface area contributed by atoms with Crippen LogP contribution in [0.3, 0.4) is 0 Å². The standard InChI is InChI=1S/C12H13N5O/c1-8-5-11(8)12(18)14-9-3-2-4-10(6-9)17-7-13-15-16-17/h2-4,6-8,11H,5H2,1H3,(H,14,18). The first-order valence-corrected chi connectivity index (χ1v) is 5.88. The average Bonchev–Trinajstić information content (AvgIpc) is 2.90. The number of hydrogen-bond acceptors (Lipinski definition) is 4. The van der Waals surface area contributed by atoms with Crippen molar-refractivity contribution in [2.75, 3.05) is 5.32 Å². The lowest BCUT2D eigenvalue weighted by atomic mass is 10.2. The van der Waals surface area contributed by atoms with Crippen LogP contribution in [0.5, 0.6) is 0 Å². The number of amides is 1. The molecule has 1 aliphatic rings. The van der Waals surface area contributed by atoms with Gasteiger partial charge in [-0.15, -0.1) is 5.10 Å². The van der Waals surface area contributed by atoms with Crippen LogP contribution in [0.4, 0.5) is 5.69 Å².